The van der Waals surface area contributed by atoms with Gasteiger partial charge >= 0.3 is 0 Å². The lowest BCUT2D eigenvalue weighted by Gasteiger charge is -2.29. The van der Waals surface area contributed by atoms with Crippen LogP contribution >= 0.6 is 0 Å². The molecule has 0 fully saturated rings. The van der Waals surface area contributed by atoms with Gasteiger partial charge in [0.1, 0.15) is 5.75 Å². The molecule has 0 aliphatic carbocycles. The van der Waals surface area contributed by atoms with Crippen molar-refractivity contribution in [1.82, 2.24) is 0 Å². The van der Waals surface area contributed by atoms with Crippen molar-refractivity contribution in [3.05, 3.63) is 53.6 Å². The fourth-order valence-electron chi connectivity index (χ4n) is 2.95. The molecule has 0 bridgehead atoms. The number of hydrogen-bond donors (Lipinski definition) is 1. The van der Waals surface area contributed by atoms with Crippen LogP contribution < -0.4 is 14.4 Å². The van der Waals surface area contributed by atoms with Gasteiger partial charge in [-0.1, -0.05) is 6.07 Å². The van der Waals surface area contributed by atoms with Gasteiger partial charge in [-0.15, -0.1) is 0 Å². The van der Waals surface area contributed by atoms with Gasteiger partial charge in [-0.05, 0) is 54.8 Å². The molecule has 6 nitrogen and oxygen atoms in total. The number of methoxy groups -OCH3 is 1. The highest BCUT2D eigenvalue weighted by Gasteiger charge is 2.24. The molecule has 0 spiro atoms. The number of aryl methyl sites for hydroxylation is 1. The summed E-state index contributed by atoms with van der Waals surface area (Å²) in [5, 5.41) is 2.85. The molecule has 0 saturated heterocycles. The molecule has 0 unspecified atom stereocenters. The minimum atomic E-state index is -3.29. The average Bonchev–Trinajstić information content (AvgIpc) is 2.60. The molecule has 1 amide bonds. The molecule has 0 radical (unpaired) electrons. The summed E-state index contributed by atoms with van der Waals surface area (Å²) in [5.41, 5.74) is 2.74. The van der Waals surface area contributed by atoms with Gasteiger partial charge in [-0.3, -0.25) is 9.10 Å². The van der Waals surface area contributed by atoms with Crippen LogP contribution in [0.1, 0.15) is 22.3 Å². The molecule has 2 aromatic rings. The first-order valence-electron chi connectivity index (χ1n) is 7.94. The number of anilines is 2. The third kappa shape index (κ3) is 3.76. The van der Waals surface area contributed by atoms with Crippen molar-refractivity contribution < 1.29 is 17.9 Å². The molecule has 25 heavy (non-hydrogen) atoms. The molecule has 132 valence electrons. The summed E-state index contributed by atoms with van der Waals surface area (Å²) in [7, 11) is -1.74. The fourth-order valence-corrected chi connectivity index (χ4v) is 3.95. The quantitative estimate of drug-likeness (QED) is 0.909. The Kier molecular flexibility index (Phi) is 4.67. The smallest absolute Gasteiger partial charge is 0.255 e. The van der Waals surface area contributed by atoms with Crippen LogP contribution in [0.5, 0.6) is 5.75 Å². The van der Waals surface area contributed by atoms with Gasteiger partial charge in [0.15, 0.2) is 0 Å². The topological polar surface area (TPSA) is 75.7 Å². The van der Waals surface area contributed by atoms with Crippen LogP contribution in [0.4, 0.5) is 11.4 Å². The van der Waals surface area contributed by atoms with Gasteiger partial charge in [0.05, 0.1) is 19.1 Å². The van der Waals surface area contributed by atoms with Crippen molar-refractivity contribution in [3.8, 4) is 5.75 Å². The SMILES string of the molecule is COc1cccc(C(=O)Nc2ccc3c(c2)CCCN3S(C)(=O)=O)c1. The monoisotopic (exact) mass is 360 g/mol. The Balaban J connectivity index is 1.84. The minimum Gasteiger partial charge on any atom is -0.497 e. The lowest BCUT2D eigenvalue weighted by molar-refractivity contribution is 0.102. The van der Waals surface area contributed by atoms with Crippen LogP contribution in [-0.4, -0.2) is 34.2 Å². The Morgan fingerprint density at radius 2 is 2.00 bits per heavy atom. The Labute approximate surface area is 147 Å². The second-order valence-electron chi connectivity index (χ2n) is 5.97. The third-order valence-electron chi connectivity index (χ3n) is 4.15. The van der Waals surface area contributed by atoms with E-state index in [4.69, 9.17) is 4.74 Å². The number of sulfonamides is 1. The van der Waals surface area contributed by atoms with Gasteiger partial charge in [-0.25, -0.2) is 8.42 Å². The zero-order valence-corrected chi connectivity index (χ0v) is 15.0. The van der Waals surface area contributed by atoms with Crippen LogP contribution in [0.25, 0.3) is 0 Å². The molecule has 1 heterocycles. The molecular formula is C18H20N2O4S. The normalized spacial score (nSPS) is 13.9. The first-order chi connectivity index (χ1) is 11.9. The van der Waals surface area contributed by atoms with Crippen molar-refractivity contribution in [2.24, 2.45) is 0 Å². The molecule has 2 aromatic carbocycles. The molecule has 0 saturated carbocycles. The zero-order valence-electron chi connectivity index (χ0n) is 14.2. The number of carbonyl (C=O) groups is 1. The lowest BCUT2D eigenvalue weighted by Crippen LogP contribution is -2.34. The van der Waals surface area contributed by atoms with Crippen molar-refractivity contribution in [2.45, 2.75) is 12.8 Å². The fraction of sp³-hybridized carbons (Fsp3) is 0.278. The highest BCUT2D eigenvalue weighted by atomic mass is 32.2. The number of amides is 1. The van der Waals surface area contributed by atoms with E-state index in [0.29, 0.717) is 29.2 Å². The predicted octanol–water partition coefficient (Wildman–Crippen LogP) is 2.66. The van der Waals surface area contributed by atoms with E-state index in [1.165, 1.54) is 10.6 Å². The second-order valence-corrected chi connectivity index (χ2v) is 7.88. The van der Waals surface area contributed by atoms with Gasteiger partial charge in [-0.2, -0.15) is 0 Å². The maximum absolute atomic E-state index is 12.4. The number of hydrogen-bond acceptors (Lipinski definition) is 4. The number of benzene rings is 2. The largest absolute Gasteiger partial charge is 0.497 e. The van der Waals surface area contributed by atoms with E-state index < -0.39 is 10.0 Å². The van der Waals surface area contributed by atoms with Crippen molar-refractivity contribution in [3.63, 3.8) is 0 Å². The van der Waals surface area contributed by atoms with Gasteiger partial charge in [0, 0.05) is 17.8 Å². The molecule has 1 aliphatic heterocycles. The maximum atomic E-state index is 12.4. The zero-order chi connectivity index (χ0) is 18.0. The Bertz CT molecular complexity index is 909. The Morgan fingerprint density at radius 1 is 1.20 bits per heavy atom. The highest BCUT2D eigenvalue weighted by Crippen LogP contribution is 2.31. The Morgan fingerprint density at radius 3 is 2.72 bits per heavy atom. The van der Waals surface area contributed by atoms with Gasteiger partial charge in [0.2, 0.25) is 10.0 Å². The van der Waals surface area contributed by atoms with E-state index in [9.17, 15) is 13.2 Å². The molecule has 0 aromatic heterocycles. The number of rotatable bonds is 4. The first-order valence-corrected chi connectivity index (χ1v) is 9.79. The third-order valence-corrected chi connectivity index (χ3v) is 5.33. The molecule has 3 rings (SSSR count). The maximum Gasteiger partial charge on any atom is 0.255 e. The van der Waals surface area contributed by atoms with Crippen LogP contribution in [0, 0.1) is 0 Å². The average molecular weight is 360 g/mol. The summed E-state index contributed by atoms with van der Waals surface area (Å²) in [5.74, 6) is 0.372. The van der Waals surface area contributed by atoms with E-state index in [-0.39, 0.29) is 5.91 Å². The molecular weight excluding hydrogens is 340 g/mol. The summed E-state index contributed by atoms with van der Waals surface area (Å²) in [4.78, 5) is 12.4. The Hall–Kier alpha value is -2.54. The molecule has 1 N–H and O–H groups in total. The van der Waals surface area contributed by atoms with E-state index >= 15 is 0 Å². The van der Waals surface area contributed by atoms with Crippen LogP contribution in [0.15, 0.2) is 42.5 Å². The number of nitrogens with zero attached hydrogens (tertiary/aromatic N) is 1. The minimum absolute atomic E-state index is 0.241. The summed E-state index contributed by atoms with van der Waals surface area (Å²) >= 11 is 0. The first kappa shape index (κ1) is 17.3. The lowest BCUT2D eigenvalue weighted by atomic mass is 10.0. The van der Waals surface area contributed by atoms with Gasteiger partial charge < -0.3 is 10.1 Å². The molecule has 1 aliphatic rings. The molecule has 7 heteroatoms. The van der Waals surface area contributed by atoms with Crippen LogP contribution in [0.3, 0.4) is 0 Å². The van der Waals surface area contributed by atoms with Crippen LogP contribution in [0.2, 0.25) is 0 Å². The summed E-state index contributed by atoms with van der Waals surface area (Å²) in [6, 6.07) is 12.2. The van der Waals surface area contributed by atoms with Crippen LogP contribution in [-0.2, 0) is 16.4 Å². The van der Waals surface area contributed by atoms with E-state index in [2.05, 4.69) is 5.32 Å². The van der Waals surface area contributed by atoms with E-state index in [0.717, 1.165) is 18.4 Å². The standard InChI is InChI=1S/C18H20N2O4S/c1-24-16-7-3-5-14(12-16)18(21)19-15-8-9-17-13(11-15)6-4-10-20(17)25(2,22)23/h3,5,7-9,11-12H,4,6,10H2,1-2H3,(H,19,21). The highest BCUT2D eigenvalue weighted by molar-refractivity contribution is 7.92. The predicted molar refractivity (Wildman–Crippen MR) is 97.9 cm³/mol. The number of nitrogens with one attached hydrogen (secondary N) is 1. The summed E-state index contributed by atoms with van der Waals surface area (Å²) in [6.07, 6.45) is 2.75. The summed E-state index contributed by atoms with van der Waals surface area (Å²) < 4.78 is 30.3. The van der Waals surface area contributed by atoms with E-state index in [1.807, 2.05) is 6.07 Å². The van der Waals surface area contributed by atoms with E-state index in [1.54, 1.807) is 43.5 Å². The summed E-state index contributed by atoms with van der Waals surface area (Å²) in [6.45, 7) is 0.487. The number of carbonyl (C=O) groups excluding carboxylic acids is 1. The molecule has 0 atom stereocenters. The second kappa shape index (κ2) is 6.76. The number of ether oxygens (including phenoxy) is 1. The van der Waals surface area contributed by atoms with Gasteiger partial charge in [0.25, 0.3) is 5.91 Å². The van der Waals surface area contributed by atoms with Crippen molar-refractivity contribution in [2.75, 3.05) is 29.5 Å². The van der Waals surface area contributed by atoms with Crippen molar-refractivity contribution in [1.29, 1.82) is 0 Å². The number of fused-ring (bicyclic) bond motifs is 1. The van der Waals surface area contributed by atoms with Crippen molar-refractivity contribution >= 4 is 27.3 Å².